The van der Waals surface area contributed by atoms with Gasteiger partial charge in [0.1, 0.15) is 16.5 Å². The van der Waals surface area contributed by atoms with Crippen molar-refractivity contribution in [3.8, 4) is 11.5 Å². The average molecular weight is 411 g/mol. The Morgan fingerprint density at radius 1 is 1.03 bits per heavy atom. The Morgan fingerprint density at radius 3 is 2.62 bits per heavy atom. The maximum atomic E-state index is 5.52. The lowest BCUT2D eigenvalue weighted by Crippen LogP contribution is -2.46. The third kappa shape index (κ3) is 3.42. The number of aromatic nitrogens is 2. The van der Waals surface area contributed by atoms with Gasteiger partial charge in [0, 0.05) is 44.0 Å². The second-order valence-corrected chi connectivity index (χ2v) is 8.93. The van der Waals surface area contributed by atoms with E-state index in [4.69, 9.17) is 19.4 Å². The predicted molar refractivity (Wildman–Crippen MR) is 116 cm³/mol. The summed E-state index contributed by atoms with van der Waals surface area (Å²) in [5.74, 6) is 3.77. The van der Waals surface area contributed by atoms with E-state index >= 15 is 0 Å². The first kappa shape index (κ1) is 18.6. The number of ether oxygens (including phenoxy) is 2. The highest BCUT2D eigenvalue weighted by Crippen LogP contribution is 2.36. The molecule has 152 valence electrons. The van der Waals surface area contributed by atoms with Crippen LogP contribution in [0.15, 0.2) is 18.2 Å². The van der Waals surface area contributed by atoms with Gasteiger partial charge in [0.05, 0.1) is 5.39 Å². The molecule has 1 saturated heterocycles. The standard InChI is InChI=1S/C22H26N4O2S/c1-4-19-23-21(20-14(2)15(3)29-22(20)24-19)26-9-7-25(8-10-26)12-16-5-6-17-18(11-16)28-13-27-17/h5-6,11H,4,7-10,12-13H2,1-3H3. The molecular weight excluding hydrogens is 384 g/mol. The van der Waals surface area contributed by atoms with E-state index in [1.165, 1.54) is 21.4 Å². The van der Waals surface area contributed by atoms with Gasteiger partial charge in [-0.3, -0.25) is 4.90 Å². The van der Waals surface area contributed by atoms with Crippen LogP contribution in [-0.4, -0.2) is 47.8 Å². The third-order valence-electron chi connectivity index (χ3n) is 5.89. The molecule has 0 amide bonds. The minimum absolute atomic E-state index is 0.325. The van der Waals surface area contributed by atoms with Gasteiger partial charge in [-0.25, -0.2) is 9.97 Å². The Balaban J connectivity index is 1.33. The summed E-state index contributed by atoms with van der Waals surface area (Å²) < 4.78 is 10.9. The zero-order valence-electron chi connectivity index (χ0n) is 17.2. The number of benzene rings is 1. The molecule has 1 aromatic carbocycles. The molecule has 4 heterocycles. The van der Waals surface area contributed by atoms with Crippen molar-refractivity contribution in [1.29, 1.82) is 0 Å². The zero-order valence-corrected chi connectivity index (χ0v) is 18.0. The van der Waals surface area contributed by atoms with Crippen LogP contribution >= 0.6 is 11.3 Å². The average Bonchev–Trinajstić information content (AvgIpc) is 3.32. The normalized spacial score (nSPS) is 16.7. The van der Waals surface area contributed by atoms with Gasteiger partial charge < -0.3 is 14.4 Å². The van der Waals surface area contributed by atoms with Crippen molar-refractivity contribution in [2.75, 3.05) is 37.9 Å². The summed E-state index contributed by atoms with van der Waals surface area (Å²) in [4.78, 5) is 17.1. The molecule has 2 aliphatic heterocycles. The quantitative estimate of drug-likeness (QED) is 0.650. The molecule has 1 fully saturated rings. The summed E-state index contributed by atoms with van der Waals surface area (Å²) in [6.07, 6.45) is 0.864. The van der Waals surface area contributed by atoms with Crippen LogP contribution in [-0.2, 0) is 13.0 Å². The van der Waals surface area contributed by atoms with E-state index < -0.39 is 0 Å². The van der Waals surface area contributed by atoms with E-state index in [2.05, 4.69) is 42.7 Å². The topological polar surface area (TPSA) is 50.7 Å². The monoisotopic (exact) mass is 410 g/mol. The van der Waals surface area contributed by atoms with E-state index in [0.717, 1.165) is 67.1 Å². The molecule has 2 aliphatic rings. The molecule has 7 heteroatoms. The molecular formula is C22H26N4O2S. The Hall–Kier alpha value is -2.38. The Kier molecular flexibility index (Phi) is 4.80. The van der Waals surface area contributed by atoms with Crippen LogP contribution in [0.2, 0.25) is 0 Å². The molecule has 3 aromatic rings. The first-order valence-corrected chi connectivity index (χ1v) is 11.1. The molecule has 0 bridgehead atoms. The SMILES string of the molecule is CCc1nc(N2CCN(Cc3ccc4c(c3)OCO4)CC2)c2c(C)c(C)sc2n1. The van der Waals surface area contributed by atoms with Crippen molar-refractivity contribution in [3.05, 3.63) is 40.0 Å². The second kappa shape index (κ2) is 7.46. The van der Waals surface area contributed by atoms with E-state index in [1.54, 1.807) is 11.3 Å². The highest BCUT2D eigenvalue weighted by molar-refractivity contribution is 7.18. The second-order valence-electron chi connectivity index (χ2n) is 7.73. The number of fused-ring (bicyclic) bond motifs is 2. The van der Waals surface area contributed by atoms with Gasteiger partial charge in [0.25, 0.3) is 0 Å². The summed E-state index contributed by atoms with van der Waals surface area (Å²) in [7, 11) is 0. The van der Waals surface area contributed by atoms with Crippen molar-refractivity contribution in [3.63, 3.8) is 0 Å². The van der Waals surface area contributed by atoms with Gasteiger partial charge in [-0.1, -0.05) is 13.0 Å². The highest BCUT2D eigenvalue weighted by Gasteiger charge is 2.23. The number of anilines is 1. The van der Waals surface area contributed by atoms with E-state index in [9.17, 15) is 0 Å². The minimum Gasteiger partial charge on any atom is -0.454 e. The lowest BCUT2D eigenvalue weighted by Gasteiger charge is -2.36. The van der Waals surface area contributed by atoms with Crippen LogP contribution in [0.5, 0.6) is 11.5 Å². The summed E-state index contributed by atoms with van der Waals surface area (Å²) in [6.45, 7) is 11.8. The number of hydrogen-bond donors (Lipinski definition) is 0. The van der Waals surface area contributed by atoms with Gasteiger partial charge in [-0.05, 0) is 37.1 Å². The largest absolute Gasteiger partial charge is 0.454 e. The van der Waals surface area contributed by atoms with Crippen molar-refractivity contribution < 1.29 is 9.47 Å². The predicted octanol–water partition coefficient (Wildman–Crippen LogP) is 3.92. The first-order valence-electron chi connectivity index (χ1n) is 10.2. The number of piperazine rings is 1. The Labute approximate surface area is 175 Å². The van der Waals surface area contributed by atoms with Crippen LogP contribution in [0.3, 0.4) is 0 Å². The number of aryl methyl sites for hydroxylation is 3. The molecule has 0 radical (unpaired) electrons. The van der Waals surface area contributed by atoms with Gasteiger partial charge in [-0.15, -0.1) is 11.3 Å². The van der Waals surface area contributed by atoms with Crippen LogP contribution in [0, 0.1) is 13.8 Å². The molecule has 0 saturated carbocycles. The Bertz CT molecular complexity index is 1060. The zero-order chi connectivity index (χ0) is 20.0. The molecule has 0 aliphatic carbocycles. The smallest absolute Gasteiger partial charge is 0.231 e. The molecule has 6 nitrogen and oxygen atoms in total. The van der Waals surface area contributed by atoms with E-state index in [1.807, 2.05) is 6.07 Å². The summed E-state index contributed by atoms with van der Waals surface area (Å²) in [5.41, 5.74) is 2.59. The number of thiophene rings is 1. The fraction of sp³-hybridized carbons (Fsp3) is 0.455. The van der Waals surface area contributed by atoms with Gasteiger partial charge >= 0.3 is 0 Å². The highest BCUT2D eigenvalue weighted by atomic mass is 32.1. The molecule has 0 N–H and O–H groups in total. The molecule has 0 atom stereocenters. The maximum absolute atomic E-state index is 5.52. The van der Waals surface area contributed by atoms with Crippen molar-refractivity contribution in [2.45, 2.75) is 33.7 Å². The molecule has 5 rings (SSSR count). The van der Waals surface area contributed by atoms with Crippen molar-refractivity contribution >= 4 is 27.4 Å². The lowest BCUT2D eigenvalue weighted by molar-refractivity contribution is 0.174. The fourth-order valence-corrected chi connectivity index (χ4v) is 5.12. The van der Waals surface area contributed by atoms with Crippen LogP contribution in [0.4, 0.5) is 5.82 Å². The van der Waals surface area contributed by atoms with Crippen LogP contribution in [0.25, 0.3) is 10.2 Å². The minimum atomic E-state index is 0.325. The van der Waals surface area contributed by atoms with Crippen LogP contribution < -0.4 is 14.4 Å². The summed E-state index contributed by atoms with van der Waals surface area (Å²) in [6, 6.07) is 6.26. The third-order valence-corrected chi connectivity index (χ3v) is 6.99. The van der Waals surface area contributed by atoms with Crippen molar-refractivity contribution in [2.24, 2.45) is 0 Å². The van der Waals surface area contributed by atoms with E-state index in [0.29, 0.717) is 6.79 Å². The van der Waals surface area contributed by atoms with Gasteiger partial charge in [0.2, 0.25) is 6.79 Å². The van der Waals surface area contributed by atoms with E-state index in [-0.39, 0.29) is 0 Å². The fourth-order valence-electron chi connectivity index (χ4n) is 4.07. The van der Waals surface area contributed by atoms with Crippen molar-refractivity contribution in [1.82, 2.24) is 14.9 Å². The molecule has 0 unspecified atom stereocenters. The van der Waals surface area contributed by atoms with Gasteiger partial charge in [0.15, 0.2) is 11.5 Å². The Morgan fingerprint density at radius 2 is 1.83 bits per heavy atom. The summed E-state index contributed by atoms with van der Waals surface area (Å²) in [5, 5.41) is 1.24. The number of rotatable bonds is 4. The summed E-state index contributed by atoms with van der Waals surface area (Å²) >= 11 is 1.79. The lowest BCUT2D eigenvalue weighted by atomic mass is 10.1. The van der Waals surface area contributed by atoms with Gasteiger partial charge in [-0.2, -0.15) is 0 Å². The molecule has 0 spiro atoms. The molecule has 2 aromatic heterocycles. The van der Waals surface area contributed by atoms with Crippen LogP contribution in [0.1, 0.15) is 28.8 Å². The first-order chi connectivity index (χ1) is 14.1. The maximum Gasteiger partial charge on any atom is 0.231 e. The number of nitrogens with zero attached hydrogens (tertiary/aromatic N) is 4. The molecule has 29 heavy (non-hydrogen) atoms. The number of hydrogen-bond acceptors (Lipinski definition) is 7.